The number of carbonyl (C=O) groups excluding carboxylic acids is 1. The monoisotopic (exact) mass is 297 g/mol. The fourth-order valence-corrected chi connectivity index (χ4v) is 3.01. The summed E-state index contributed by atoms with van der Waals surface area (Å²) in [6, 6.07) is 13.0. The van der Waals surface area contributed by atoms with Crippen LogP contribution in [0, 0.1) is 6.92 Å². The smallest absolute Gasteiger partial charge is 0.262 e. The lowest BCUT2D eigenvalue weighted by atomic mass is 9.95. The number of para-hydroxylation sites is 2. The molecule has 22 heavy (non-hydrogen) atoms. The van der Waals surface area contributed by atoms with E-state index < -0.39 is 6.10 Å². The lowest BCUT2D eigenvalue weighted by molar-refractivity contribution is 0.0967. The van der Waals surface area contributed by atoms with E-state index in [4.69, 9.17) is 4.74 Å². The molecule has 0 saturated heterocycles. The maximum atomic E-state index is 13.0. The number of benzene rings is 2. The second-order valence-corrected chi connectivity index (χ2v) is 5.47. The van der Waals surface area contributed by atoms with E-state index in [1.165, 1.54) is 0 Å². The van der Waals surface area contributed by atoms with Gasteiger partial charge in [0.25, 0.3) is 5.91 Å². The van der Waals surface area contributed by atoms with Crippen LogP contribution in [0.15, 0.2) is 42.5 Å². The molecular weight excluding hydrogens is 278 g/mol. The molecule has 1 amide bonds. The topological polar surface area (TPSA) is 49.8 Å². The predicted octanol–water partition coefficient (Wildman–Crippen LogP) is 3.09. The number of aryl methyl sites for hydroxylation is 1. The van der Waals surface area contributed by atoms with Crippen LogP contribution in [0.5, 0.6) is 5.75 Å². The molecule has 1 atom stereocenters. The molecule has 1 aliphatic rings. The highest BCUT2D eigenvalue weighted by atomic mass is 16.5. The van der Waals surface area contributed by atoms with Crippen LogP contribution in [0.25, 0.3) is 0 Å². The summed E-state index contributed by atoms with van der Waals surface area (Å²) in [7, 11) is 1.56. The molecule has 0 radical (unpaired) electrons. The highest BCUT2D eigenvalue weighted by Gasteiger charge is 2.30. The maximum absolute atomic E-state index is 13.0. The van der Waals surface area contributed by atoms with Crippen LogP contribution in [0.2, 0.25) is 0 Å². The summed E-state index contributed by atoms with van der Waals surface area (Å²) in [5.74, 6) is 0.466. The predicted molar refractivity (Wildman–Crippen MR) is 85.4 cm³/mol. The number of methoxy groups -OCH3 is 1. The van der Waals surface area contributed by atoms with E-state index in [9.17, 15) is 9.90 Å². The summed E-state index contributed by atoms with van der Waals surface area (Å²) in [5, 5.41) is 10.2. The number of rotatable bonds is 2. The molecule has 0 bridgehead atoms. The number of anilines is 1. The largest absolute Gasteiger partial charge is 0.496 e. The number of hydrogen-bond acceptors (Lipinski definition) is 3. The molecule has 1 N–H and O–H groups in total. The van der Waals surface area contributed by atoms with Crippen molar-refractivity contribution in [2.75, 3.05) is 18.6 Å². The second kappa shape index (κ2) is 5.81. The van der Waals surface area contributed by atoms with Gasteiger partial charge in [-0.2, -0.15) is 0 Å². The van der Waals surface area contributed by atoms with E-state index >= 15 is 0 Å². The fraction of sp³-hybridized carbons (Fsp3) is 0.278. The third-order valence-corrected chi connectivity index (χ3v) is 4.11. The van der Waals surface area contributed by atoms with Gasteiger partial charge < -0.3 is 14.7 Å². The number of amides is 1. The van der Waals surface area contributed by atoms with Gasteiger partial charge in [0.2, 0.25) is 0 Å². The number of ether oxygens (including phenoxy) is 1. The van der Waals surface area contributed by atoms with Gasteiger partial charge in [0, 0.05) is 12.1 Å². The van der Waals surface area contributed by atoms with Crippen molar-refractivity contribution in [1.29, 1.82) is 0 Å². The second-order valence-electron chi connectivity index (χ2n) is 5.47. The number of fused-ring (bicyclic) bond motifs is 1. The number of hydrogen-bond donors (Lipinski definition) is 1. The molecule has 1 aliphatic heterocycles. The third kappa shape index (κ3) is 2.35. The minimum absolute atomic E-state index is 0.0973. The van der Waals surface area contributed by atoms with E-state index in [0.717, 1.165) is 16.8 Å². The van der Waals surface area contributed by atoms with Gasteiger partial charge >= 0.3 is 0 Å². The Labute approximate surface area is 130 Å². The van der Waals surface area contributed by atoms with Crippen LogP contribution < -0.4 is 9.64 Å². The zero-order valence-corrected chi connectivity index (χ0v) is 12.7. The molecule has 0 spiro atoms. The number of aliphatic hydroxyl groups excluding tert-OH is 1. The van der Waals surface area contributed by atoms with E-state index in [0.29, 0.717) is 24.3 Å². The lowest BCUT2D eigenvalue weighted by Crippen LogP contribution is -2.37. The number of carbonyl (C=O) groups is 1. The van der Waals surface area contributed by atoms with Crippen molar-refractivity contribution in [2.24, 2.45) is 0 Å². The summed E-state index contributed by atoms with van der Waals surface area (Å²) in [4.78, 5) is 14.7. The molecule has 0 fully saturated rings. The minimum Gasteiger partial charge on any atom is -0.496 e. The van der Waals surface area contributed by atoms with Gasteiger partial charge in [0.1, 0.15) is 5.75 Å². The van der Waals surface area contributed by atoms with Crippen molar-refractivity contribution in [3.8, 4) is 5.75 Å². The Morgan fingerprint density at radius 2 is 2.00 bits per heavy atom. The molecule has 1 heterocycles. The first-order valence-corrected chi connectivity index (χ1v) is 7.36. The van der Waals surface area contributed by atoms with Crippen molar-refractivity contribution in [3.63, 3.8) is 0 Å². The van der Waals surface area contributed by atoms with Crippen LogP contribution in [-0.4, -0.2) is 24.7 Å². The summed E-state index contributed by atoms with van der Waals surface area (Å²) in [6.07, 6.45) is 0.0220. The highest BCUT2D eigenvalue weighted by molar-refractivity contribution is 6.09. The van der Waals surface area contributed by atoms with Gasteiger partial charge in [0.15, 0.2) is 0 Å². The first kappa shape index (κ1) is 14.6. The average molecular weight is 297 g/mol. The highest BCUT2D eigenvalue weighted by Crippen LogP contribution is 2.37. The molecule has 0 saturated carbocycles. The van der Waals surface area contributed by atoms with Crippen LogP contribution in [0.3, 0.4) is 0 Å². The zero-order chi connectivity index (χ0) is 15.7. The van der Waals surface area contributed by atoms with Crippen molar-refractivity contribution in [3.05, 3.63) is 59.2 Å². The standard InChI is InChI=1S/C18H19NO3/c1-12-6-5-8-13-15(20)10-11-19(17(12)13)18(21)14-7-3-4-9-16(14)22-2/h3-9,15,20H,10-11H2,1-2H3. The molecule has 4 nitrogen and oxygen atoms in total. The third-order valence-electron chi connectivity index (χ3n) is 4.11. The van der Waals surface area contributed by atoms with Crippen molar-refractivity contribution in [2.45, 2.75) is 19.4 Å². The average Bonchev–Trinajstić information content (AvgIpc) is 2.55. The Balaban J connectivity index is 2.07. The number of nitrogens with zero attached hydrogens (tertiary/aromatic N) is 1. The Morgan fingerprint density at radius 3 is 2.77 bits per heavy atom. The van der Waals surface area contributed by atoms with Gasteiger partial charge in [-0.3, -0.25) is 4.79 Å². The summed E-state index contributed by atoms with van der Waals surface area (Å²) >= 11 is 0. The minimum atomic E-state index is -0.517. The van der Waals surface area contributed by atoms with E-state index in [1.807, 2.05) is 37.3 Å². The van der Waals surface area contributed by atoms with Crippen molar-refractivity contribution >= 4 is 11.6 Å². The van der Waals surface area contributed by atoms with Crippen LogP contribution in [0.1, 0.15) is 34.0 Å². The molecule has 4 heteroatoms. The van der Waals surface area contributed by atoms with Gasteiger partial charge in [-0.15, -0.1) is 0 Å². The molecule has 3 rings (SSSR count). The quantitative estimate of drug-likeness (QED) is 0.926. The van der Waals surface area contributed by atoms with Crippen LogP contribution in [-0.2, 0) is 0 Å². The van der Waals surface area contributed by atoms with Crippen LogP contribution in [0.4, 0.5) is 5.69 Å². The Morgan fingerprint density at radius 1 is 1.23 bits per heavy atom. The van der Waals surface area contributed by atoms with E-state index in [1.54, 1.807) is 24.1 Å². The van der Waals surface area contributed by atoms with Gasteiger partial charge in [-0.05, 0) is 31.0 Å². The molecular formula is C18H19NO3. The van der Waals surface area contributed by atoms with Gasteiger partial charge in [-0.25, -0.2) is 0 Å². The normalized spacial score (nSPS) is 17.0. The van der Waals surface area contributed by atoms with Crippen LogP contribution >= 0.6 is 0 Å². The Bertz CT molecular complexity index is 711. The van der Waals surface area contributed by atoms with Gasteiger partial charge in [-0.1, -0.05) is 30.3 Å². The first-order chi connectivity index (χ1) is 10.6. The van der Waals surface area contributed by atoms with Gasteiger partial charge in [0.05, 0.1) is 24.5 Å². The molecule has 0 aromatic heterocycles. The molecule has 2 aromatic carbocycles. The summed E-state index contributed by atoms with van der Waals surface area (Å²) in [6.45, 7) is 2.45. The lowest BCUT2D eigenvalue weighted by Gasteiger charge is -2.33. The molecule has 1 unspecified atom stereocenters. The number of aliphatic hydroxyl groups is 1. The van der Waals surface area contributed by atoms with E-state index in [2.05, 4.69) is 0 Å². The maximum Gasteiger partial charge on any atom is 0.262 e. The Kier molecular flexibility index (Phi) is 3.86. The summed E-state index contributed by atoms with van der Waals surface area (Å²) in [5.41, 5.74) is 3.15. The molecule has 0 aliphatic carbocycles. The van der Waals surface area contributed by atoms with Crippen molar-refractivity contribution < 1.29 is 14.6 Å². The van der Waals surface area contributed by atoms with Crippen molar-refractivity contribution in [1.82, 2.24) is 0 Å². The summed E-state index contributed by atoms with van der Waals surface area (Å²) < 4.78 is 5.30. The molecule has 114 valence electrons. The fourth-order valence-electron chi connectivity index (χ4n) is 3.01. The van der Waals surface area contributed by atoms with E-state index in [-0.39, 0.29) is 5.91 Å². The SMILES string of the molecule is COc1ccccc1C(=O)N1CCC(O)c2cccc(C)c21. The zero-order valence-electron chi connectivity index (χ0n) is 12.7. The molecule has 2 aromatic rings. The Hall–Kier alpha value is -2.33. The first-order valence-electron chi connectivity index (χ1n) is 7.36.